The smallest absolute Gasteiger partial charge is 0.254 e. The monoisotopic (exact) mass is 437 g/mol. The van der Waals surface area contributed by atoms with Crippen molar-refractivity contribution in [3.63, 3.8) is 0 Å². The van der Waals surface area contributed by atoms with Crippen molar-refractivity contribution in [2.45, 2.75) is 19.4 Å². The van der Waals surface area contributed by atoms with E-state index in [0.29, 0.717) is 19.5 Å². The number of benzene rings is 4. The molecule has 1 aliphatic carbocycles. The number of fused-ring (bicyclic) bond motifs is 3. The van der Waals surface area contributed by atoms with Crippen LogP contribution in [-0.4, -0.2) is 17.4 Å². The van der Waals surface area contributed by atoms with Crippen molar-refractivity contribution >= 4 is 17.5 Å². The van der Waals surface area contributed by atoms with Gasteiger partial charge >= 0.3 is 0 Å². The van der Waals surface area contributed by atoms with E-state index in [1.54, 1.807) is 0 Å². The number of amides is 1. The van der Waals surface area contributed by atoms with Crippen LogP contribution in [-0.2, 0) is 19.4 Å². The maximum atomic E-state index is 13.9. The van der Waals surface area contributed by atoms with Crippen LogP contribution in [0.4, 0.5) is 0 Å². The van der Waals surface area contributed by atoms with Crippen molar-refractivity contribution in [3.8, 4) is 11.1 Å². The highest BCUT2D eigenvalue weighted by Gasteiger charge is 2.26. The molecule has 0 heterocycles. The van der Waals surface area contributed by atoms with E-state index in [1.165, 1.54) is 16.7 Å². The van der Waals surface area contributed by atoms with E-state index in [-0.39, 0.29) is 5.91 Å². The van der Waals surface area contributed by atoms with Crippen molar-refractivity contribution in [2.75, 3.05) is 6.54 Å². The lowest BCUT2D eigenvalue weighted by atomic mass is 9.98. The maximum absolute atomic E-state index is 13.9. The van der Waals surface area contributed by atoms with Gasteiger partial charge in [0.05, 0.1) is 0 Å². The first kappa shape index (κ1) is 20.5. The second kappa shape index (κ2) is 9.02. The van der Waals surface area contributed by atoms with Crippen LogP contribution in [0.15, 0.2) is 97.1 Å². The van der Waals surface area contributed by atoms with E-state index in [9.17, 15) is 4.79 Å². The van der Waals surface area contributed by atoms with E-state index in [0.717, 1.165) is 33.7 Å². The van der Waals surface area contributed by atoms with Gasteiger partial charge in [0.1, 0.15) is 0 Å². The number of carbonyl (C=O) groups excluding carboxylic acids is 1. The van der Waals surface area contributed by atoms with Crippen LogP contribution in [0.3, 0.4) is 0 Å². The third kappa shape index (κ3) is 4.06. The molecule has 0 saturated heterocycles. The van der Waals surface area contributed by atoms with E-state index >= 15 is 0 Å². The summed E-state index contributed by atoms with van der Waals surface area (Å²) < 4.78 is 0. The molecule has 0 saturated carbocycles. The van der Waals surface area contributed by atoms with Crippen molar-refractivity contribution < 1.29 is 4.79 Å². The molecule has 0 bridgehead atoms. The maximum Gasteiger partial charge on any atom is 0.254 e. The number of carbonyl (C=O) groups is 1. The first-order valence-electron chi connectivity index (χ1n) is 11.0. The number of halogens is 1. The molecule has 0 aromatic heterocycles. The van der Waals surface area contributed by atoms with Crippen LogP contribution in [0.1, 0.15) is 32.6 Å². The zero-order valence-corrected chi connectivity index (χ0v) is 18.6. The lowest BCUT2D eigenvalue weighted by molar-refractivity contribution is 0.0746. The summed E-state index contributed by atoms with van der Waals surface area (Å²) in [5, 5.41) is 0.745. The topological polar surface area (TPSA) is 20.3 Å². The molecule has 0 N–H and O–H groups in total. The average Bonchev–Trinajstić information content (AvgIpc) is 3.22. The second-order valence-electron chi connectivity index (χ2n) is 8.23. The lowest BCUT2D eigenvalue weighted by Gasteiger charge is -2.25. The third-order valence-corrected chi connectivity index (χ3v) is 6.53. The van der Waals surface area contributed by atoms with E-state index in [4.69, 9.17) is 11.6 Å². The van der Waals surface area contributed by atoms with E-state index in [2.05, 4.69) is 36.4 Å². The molecule has 0 fully saturated rings. The summed E-state index contributed by atoms with van der Waals surface area (Å²) in [6, 6.07) is 32.5. The fraction of sp³-hybridized carbons (Fsp3) is 0.138. The Morgan fingerprint density at radius 1 is 0.781 bits per heavy atom. The van der Waals surface area contributed by atoms with Crippen LogP contribution in [0, 0.1) is 0 Å². The number of hydrogen-bond acceptors (Lipinski definition) is 1. The zero-order chi connectivity index (χ0) is 21.9. The molecule has 0 unspecified atom stereocenters. The highest BCUT2D eigenvalue weighted by molar-refractivity contribution is 6.31. The molecule has 5 rings (SSSR count). The summed E-state index contributed by atoms with van der Waals surface area (Å²) in [6.07, 6.45) is 1.59. The highest BCUT2D eigenvalue weighted by atomic mass is 35.5. The Morgan fingerprint density at radius 2 is 1.50 bits per heavy atom. The highest BCUT2D eigenvalue weighted by Crippen LogP contribution is 2.39. The predicted molar refractivity (Wildman–Crippen MR) is 131 cm³/mol. The predicted octanol–water partition coefficient (Wildman–Crippen LogP) is 6.80. The van der Waals surface area contributed by atoms with Gasteiger partial charge in [0.15, 0.2) is 0 Å². The van der Waals surface area contributed by atoms with Crippen LogP contribution < -0.4 is 0 Å². The normalized spacial score (nSPS) is 11.7. The summed E-state index contributed by atoms with van der Waals surface area (Å²) in [4.78, 5) is 15.9. The number of rotatable bonds is 6. The molecule has 2 nitrogen and oxygen atoms in total. The van der Waals surface area contributed by atoms with Crippen molar-refractivity contribution in [1.29, 1.82) is 0 Å². The van der Waals surface area contributed by atoms with Crippen molar-refractivity contribution in [2.24, 2.45) is 0 Å². The molecule has 0 radical (unpaired) electrons. The zero-order valence-electron chi connectivity index (χ0n) is 17.8. The average molecular weight is 438 g/mol. The second-order valence-corrected chi connectivity index (χ2v) is 8.63. The molecule has 0 spiro atoms. The quantitative estimate of drug-likeness (QED) is 0.286. The van der Waals surface area contributed by atoms with Gasteiger partial charge in [0.25, 0.3) is 5.91 Å². The largest absolute Gasteiger partial charge is 0.334 e. The number of hydrogen-bond donors (Lipinski definition) is 0. The van der Waals surface area contributed by atoms with Gasteiger partial charge in [-0.3, -0.25) is 4.79 Å². The minimum atomic E-state index is 0.0643. The van der Waals surface area contributed by atoms with Crippen LogP contribution in [0.5, 0.6) is 0 Å². The molecular formula is C29H24ClNO. The molecule has 4 aromatic rings. The minimum Gasteiger partial charge on any atom is -0.334 e. The summed E-state index contributed by atoms with van der Waals surface area (Å²) in [5.41, 5.74) is 7.73. The van der Waals surface area contributed by atoms with Gasteiger partial charge in [-0.1, -0.05) is 96.5 Å². The molecule has 1 aliphatic rings. The Morgan fingerprint density at radius 3 is 2.34 bits per heavy atom. The summed E-state index contributed by atoms with van der Waals surface area (Å²) >= 11 is 6.39. The van der Waals surface area contributed by atoms with Crippen molar-refractivity contribution in [3.05, 3.63) is 130 Å². The lowest BCUT2D eigenvalue weighted by Crippen LogP contribution is -2.33. The Hall–Kier alpha value is -3.36. The Kier molecular flexibility index (Phi) is 5.79. The number of nitrogens with zero attached hydrogens (tertiary/aromatic N) is 1. The molecule has 3 heteroatoms. The van der Waals surface area contributed by atoms with Crippen LogP contribution in [0.2, 0.25) is 5.02 Å². The summed E-state index contributed by atoms with van der Waals surface area (Å²) in [5.74, 6) is 0.0643. The fourth-order valence-corrected chi connectivity index (χ4v) is 4.78. The molecule has 0 atom stereocenters. The van der Waals surface area contributed by atoms with Crippen molar-refractivity contribution in [1.82, 2.24) is 4.90 Å². The molecule has 4 aromatic carbocycles. The van der Waals surface area contributed by atoms with Gasteiger partial charge < -0.3 is 4.90 Å². The van der Waals surface area contributed by atoms with Crippen LogP contribution >= 0.6 is 11.6 Å². The van der Waals surface area contributed by atoms with Gasteiger partial charge in [-0.15, -0.1) is 0 Å². The van der Waals surface area contributed by atoms with Gasteiger partial charge in [-0.2, -0.15) is 0 Å². The minimum absolute atomic E-state index is 0.0643. The summed E-state index contributed by atoms with van der Waals surface area (Å²) in [6.45, 7) is 1.16. The molecule has 1 amide bonds. The molecular weight excluding hydrogens is 414 g/mol. The Labute approximate surface area is 194 Å². The Balaban J connectivity index is 1.49. The van der Waals surface area contributed by atoms with Crippen LogP contribution in [0.25, 0.3) is 11.1 Å². The molecule has 32 heavy (non-hydrogen) atoms. The molecule has 0 aliphatic heterocycles. The van der Waals surface area contributed by atoms with E-state index < -0.39 is 0 Å². The van der Waals surface area contributed by atoms with E-state index in [1.807, 2.05) is 65.6 Å². The molecule has 158 valence electrons. The Bertz CT molecular complexity index is 1270. The van der Waals surface area contributed by atoms with Gasteiger partial charge in [0, 0.05) is 23.7 Å². The van der Waals surface area contributed by atoms with Gasteiger partial charge in [0.2, 0.25) is 0 Å². The summed E-state index contributed by atoms with van der Waals surface area (Å²) in [7, 11) is 0. The first-order valence-corrected chi connectivity index (χ1v) is 11.4. The SMILES string of the molecule is O=C(c1cccc2c1-c1ccccc1C2)N(CCc1ccccc1Cl)Cc1ccccc1. The van der Waals surface area contributed by atoms with Gasteiger partial charge in [-0.05, 0) is 58.4 Å². The van der Waals surface area contributed by atoms with Gasteiger partial charge in [-0.25, -0.2) is 0 Å². The standard InChI is InChI=1S/C29H24ClNO/c30-27-16-7-5-11-22(27)17-18-31(20-21-9-2-1-3-10-21)29(32)26-15-8-13-24-19-23-12-4-6-14-25(23)28(24)26/h1-16H,17-20H2. The fourth-order valence-electron chi connectivity index (χ4n) is 4.55. The first-order chi connectivity index (χ1) is 15.7. The third-order valence-electron chi connectivity index (χ3n) is 6.16.